The number of benzene rings is 1. The number of phosphoric acid groups is 1. The fourth-order valence-corrected chi connectivity index (χ4v) is 1.47. The predicted molar refractivity (Wildman–Crippen MR) is 83.4 cm³/mol. The predicted octanol–water partition coefficient (Wildman–Crippen LogP) is -0.436. The van der Waals surface area contributed by atoms with Crippen LogP contribution in [0.1, 0.15) is 12.0 Å². The molecule has 136 valence electrons. The lowest BCUT2D eigenvalue weighted by atomic mass is 10.2. The standard InChI is InChI=1S/C13H18N2O4.H3O4P/c14-7-6-12(17)15(8-9-16)13(18)19-10-11-4-2-1-3-5-11;1-5(2,3)4/h1-5,16H,6-10,14H2;(H3,1,2,3,4). The van der Waals surface area contributed by atoms with Gasteiger partial charge >= 0.3 is 13.9 Å². The van der Waals surface area contributed by atoms with E-state index >= 15 is 0 Å². The quantitative estimate of drug-likeness (QED) is 0.420. The summed E-state index contributed by atoms with van der Waals surface area (Å²) in [5, 5.41) is 8.86. The van der Waals surface area contributed by atoms with E-state index in [1.807, 2.05) is 30.3 Å². The van der Waals surface area contributed by atoms with E-state index in [0.29, 0.717) is 0 Å². The van der Waals surface area contributed by atoms with Crippen LogP contribution in [0.2, 0.25) is 0 Å². The van der Waals surface area contributed by atoms with Gasteiger partial charge in [-0.05, 0) is 5.56 Å². The number of rotatable bonds is 6. The second kappa shape index (κ2) is 11.7. The van der Waals surface area contributed by atoms with Gasteiger partial charge in [-0.15, -0.1) is 0 Å². The Bertz CT molecular complexity index is 540. The molecule has 0 spiro atoms. The van der Waals surface area contributed by atoms with Crippen LogP contribution in [0, 0.1) is 0 Å². The van der Waals surface area contributed by atoms with Crippen molar-refractivity contribution in [3.8, 4) is 0 Å². The zero-order chi connectivity index (χ0) is 18.6. The highest BCUT2D eigenvalue weighted by atomic mass is 31.2. The average molecular weight is 364 g/mol. The maximum atomic E-state index is 11.8. The number of hydrogen-bond acceptors (Lipinski definition) is 6. The highest BCUT2D eigenvalue weighted by Crippen LogP contribution is 2.25. The Morgan fingerprint density at radius 1 is 1.17 bits per heavy atom. The van der Waals surface area contributed by atoms with Gasteiger partial charge in [0.25, 0.3) is 0 Å². The molecule has 0 unspecified atom stereocenters. The Balaban J connectivity index is 0.000000922. The first-order chi connectivity index (χ1) is 11.2. The van der Waals surface area contributed by atoms with Crippen LogP contribution in [-0.4, -0.2) is 56.4 Å². The molecule has 1 aromatic carbocycles. The maximum Gasteiger partial charge on any atom is 0.466 e. The molecule has 2 amide bonds. The van der Waals surface area contributed by atoms with Crippen LogP contribution in [0.3, 0.4) is 0 Å². The van der Waals surface area contributed by atoms with E-state index in [-0.39, 0.29) is 32.7 Å². The summed E-state index contributed by atoms with van der Waals surface area (Å²) in [6.45, 7) is -0.173. The lowest BCUT2D eigenvalue weighted by molar-refractivity contribution is -0.129. The van der Waals surface area contributed by atoms with Crippen LogP contribution >= 0.6 is 7.82 Å². The Morgan fingerprint density at radius 2 is 1.71 bits per heavy atom. The Kier molecular flexibility index (Phi) is 10.8. The highest BCUT2D eigenvalue weighted by Gasteiger charge is 2.21. The van der Waals surface area contributed by atoms with Crippen molar-refractivity contribution in [1.29, 1.82) is 0 Å². The zero-order valence-corrected chi connectivity index (χ0v) is 13.7. The van der Waals surface area contributed by atoms with E-state index in [2.05, 4.69) is 0 Å². The summed E-state index contributed by atoms with van der Waals surface area (Å²) in [4.78, 5) is 45.8. The fraction of sp³-hybridized carbons (Fsp3) is 0.385. The molecule has 0 saturated heterocycles. The van der Waals surface area contributed by atoms with E-state index in [4.69, 9.17) is 34.8 Å². The summed E-state index contributed by atoms with van der Waals surface area (Å²) >= 11 is 0. The molecule has 6 N–H and O–H groups in total. The Hall–Kier alpha value is -1.81. The first-order valence-corrected chi connectivity index (χ1v) is 8.35. The van der Waals surface area contributed by atoms with Crippen molar-refractivity contribution < 1.29 is 38.7 Å². The van der Waals surface area contributed by atoms with Crippen molar-refractivity contribution >= 4 is 19.8 Å². The maximum absolute atomic E-state index is 11.8. The molecule has 0 aliphatic heterocycles. The third-order valence-electron chi connectivity index (χ3n) is 2.41. The Morgan fingerprint density at radius 3 is 2.17 bits per heavy atom. The smallest absolute Gasteiger partial charge is 0.444 e. The van der Waals surface area contributed by atoms with Gasteiger partial charge in [-0.1, -0.05) is 30.3 Å². The number of nitrogens with two attached hydrogens (primary N) is 1. The molecule has 1 rings (SSSR count). The topological polar surface area (TPSA) is 171 Å². The summed E-state index contributed by atoms with van der Waals surface area (Å²) in [5.74, 6) is -0.449. The first-order valence-electron chi connectivity index (χ1n) is 6.79. The van der Waals surface area contributed by atoms with Crippen LogP contribution < -0.4 is 5.73 Å². The lowest BCUT2D eigenvalue weighted by Gasteiger charge is -2.19. The van der Waals surface area contributed by atoms with Crippen molar-refractivity contribution in [2.24, 2.45) is 5.73 Å². The SMILES string of the molecule is NCCC(=O)N(CCO)C(=O)OCc1ccccc1.O=P(O)(O)O. The molecule has 0 aromatic heterocycles. The summed E-state index contributed by atoms with van der Waals surface area (Å²) in [6, 6.07) is 9.13. The van der Waals surface area contributed by atoms with Gasteiger partial charge in [-0.25, -0.2) is 14.3 Å². The van der Waals surface area contributed by atoms with Gasteiger partial charge in [0.1, 0.15) is 6.61 Å². The average Bonchev–Trinajstić information content (AvgIpc) is 2.50. The van der Waals surface area contributed by atoms with E-state index < -0.39 is 19.8 Å². The van der Waals surface area contributed by atoms with E-state index in [1.165, 1.54) is 0 Å². The van der Waals surface area contributed by atoms with Gasteiger partial charge in [0, 0.05) is 13.0 Å². The van der Waals surface area contributed by atoms with Crippen LogP contribution in [0.5, 0.6) is 0 Å². The second-order valence-electron chi connectivity index (χ2n) is 4.36. The monoisotopic (exact) mass is 364 g/mol. The second-order valence-corrected chi connectivity index (χ2v) is 5.39. The molecule has 24 heavy (non-hydrogen) atoms. The molecule has 10 nitrogen and oxygen atoms in total. The number of hydrogen-bond donors (Lipinski definition) is 5. The number of nitrogens with zero attached hydrogens (tertiary/aromatic N) is 1. The number of carbonyl (C=O) groups excluding carboxylic acids is 2. The molecule has 0 atom stereocenters. The summed E-state index contributed by atoms with van der Waals surface area (Å²) in [6.07, 6.45) is -0.725. The molecule has 0 fully saturated rings. The van der Waals surface area contributed by atoms with E-state index in [0.717, 1.165) is 10.5 Å². The third kappa shape index (κ3) is 11.7. The molecule has 0 aliphatic rings. The molecule has 1 aromatic rings. The molecule has 0 aliphatic carbocycles. The van der Waals surface area contributed by atoms with Crippen molar-refractivity contribution in [2.45, 2.75) is 13.0 Å². The first kappa shape index (κ1) is 22.2. The van der Waals surface area contributed by atoms with Crippen molar-refractivity contribution in [2.75, 3.05) is 19.7 Å². The van der Waals surface area contributed by atoms with Gasteiger partial charge < -0.3 is 30.3 Å². The number of amides is 2. The molecule has 0 radical (unpaired) electrons. The number of imide groups is 1. The van der Waals surface area contributed by atoms with Crippen LogP contribution in [-0.2, 0) is 20.7 Å². The highest BCUT2D eigenvalue weighted by molar-refractivity contribution is 7.45. The number of ether oxygens (including phenoxy) is 1. The van der Waals surface area contributed by atoms with Crippen molar-refractivity contribution in [3.05, 3.63) is 35.9 Å². The molecule has 0 saturated carbocycles. The minimum absolute atomic E-state index is 0.0421. The number of carbonyl (C=O) groups is 2. The van der Waals surface area contributed by atoms with Gasteiger partial charge in [0.15, 0.2) is 0 Å². The zero-order valence-electron chi connectivity index (χ0n) is 12.8. The van der Waals surface area contributed by atoms with Crippen LogP contribution in [0.15, 0.2) is 30.3 Å². The molecule has 0 bridgehead atoms. The summed E-state index contributed by atoms with van der Waals surface area (Å²) < 4.78 is 13.9. The minimum Gasteiger partial charge on any atom is -0.444 e. The number of aliphatic hydroxyl groups excluding tert-OH is 1. The van der Waals surface area contributed by atoms with Gasteiger partial charge in [-0.2, -0.15) is 0 Å². The number of aliphatic hydroxyl groups is 1. The molecule has 0 heterocycles. The van der Waals surface area contributed by atoms with Gasteiger partial charge in [0.2, 0.25) is 5.91 Å². The lowest BCUT2D eigenvalue weighted by Crippen LogP contribution is -2.40. The largest absolute Gasteiger partial charge is 0.466 e. The van der Waals surface area contributed by atoms with Crippen LogP contribution in [0.25, 0.3) is 0 Å². The van der Waals surface area contributed by atoms with E-state index in [9.17, 15) is 9.59 Å². The van der Waals surface area contributed by atoms with Crippen LogP contribution in [0.4, 0.5) is 4.79 Å². The third-order valence-corrected chi connectivity index (χ3v) is 2.41. The summed E-state index contributed by atoms with van der Waals surface area (Å²) in [5.41, 5.74) is 6.09. The van der Waals surface area contributed by atoms with E-state index in [1.54, 1.807) is 0 Å². The van der Waals surface area contributed by atoms with Crippen molar-refractivity contribution in [3.63, 3.8) is 0 Å². The molecular weight excluding hydrogens is 343 g/mol. The molecular formula is C13H21N2O8P. The normalized spacial score (nSPS) is 10.4. The fourth-order valence-electron chi connectivity index (χ4n) is 1.47. The summed E-state index contributed by atoms with van der Waals surface area (Å²) in [7, 11) is -4.64. The Labute approximate surface area is 138 Å². The molecule has 11 heteroatoms. The van der Waals surface area contributed by atoms with Gasteiger partial charge in [0.05, 0.1) is 13.2 Å². The van der Waals surface area contributed by atoms with Crippen molar-refractivity contribution in [1.82, 2.24) is 4.90 Å². The minimum atomic E-state index is -4.64. The van der Waals surface area contributed by atoms with Gasteiger partial charge in [-0.3, -0.25) is 4.79 Å².